The molecular formula is C32H28N4O2. The topological polar surface area (TPSA) is 67.4 Å². The monoisotopic (exact) mass is 500 g/mol. The average Bonchev–Trinajstić information content (AvgIpc) is 2.99. The lowest BCUT2D eigenvalue weighted by Crippen LogP contribution is -2.35. The van der Waals surface area contributed by atoms with Crippen molar-refractivity contribution in [1.82, 2.24) is 15.3 Å². The molecule has 1 unspecified atom stereocenters. The largest absolute Gasteiger partial charge is 0.445 e. The van der Waals surface area contributed by atoms with E-state index in [0.717, 1.165) is 35.5 Å². The number of fused-ring (bicyclic) bond motifs is 2. The smallest absolute Gasteiger partial charge is 0.407 e. The minimum atomic E-state index is -0.403. The maximum absolute atomic E-state index is 12.3. The first-order valence-corrected chi connectivity index (χ1v) is 12.9. The zero-order valence-electron chi connectivity index (χ0n) is 21.0. The zero-order valence-corrected chi connectivity index (χ0v) is 21.0. The minimum absolute atomic E-state index is 0.176. The Labute approximate surface area is 221 Å². The third-order valence-corrected chi connectivity index (χ3v) is 7.00. The summed E-state index contributed by atoms with van der Waals surface area (Å²) < 4.78 is 5.40. The van der Waals surface area contributed by atoms with Crippen LogP contribution in [0.15, 0.2) is 109 Å². The fourth-order valence-corrected chi connectivity index (χ4v) is 5.03. The number of aromatic nitrogens is 2. The van der Waals surface area contributed by atoms with Gasteiger partial charge in [0.05, 0.1) is 5.69 Å². The lowest BCUT2D eigenvalue weighted by molar-refractivity contribution is 0.139. The van der Waals surface area contributed by atoms with E-state index in [1.54, 1.807) is 0 Å². The van der Waals surface area contributed by atoms with E-state index in [9.17, 15) is 4.79 Å². The van der Waals surface area contributed by atoms with Crippen LogP contribution in [-0.4, -0.2) is 29.2 Å². The standard InChI is InChI=1S/C32H28N4O2/c37-32(38-22-23-8-2-1-3-9-23)34-21-27-17-19-36(30-13-7-6-12-28(27)30)31-33-18-16-29(35-31)26-15-14-24-10-4-5-11-25(24)20-26/h1-16,18,20,27H,17,19,21-22H2,(H,34,37). The molecule has 0 bridgehead atoms. The number of hydrogen-bond donors (Lipinski definition) is 1. The number of carbonyl (C=O) groups is 1. The van der Waals surface area contributed by atoms with Crippen LogP contribution >= 0.6 is 0 Å². The van der Waals surface area contributed by atoms with Crippen molar-refractivity contribution in [2.75, 3.05) is 18.0 Å². The number of ether oxygens (including phenoxy) is 1. The molecule has 1 aliphatic heterocycles. The summed E-state index contributed by atoms with van der Waals surface area (Å²) in [5.74, 6) is 0.854. The highest BCUT2D eigenvalue weighted by atomic mass is 16.5. The number of benzene rings is 4. The third-order valence-electron chi connectivity index (χ3n) is 7.00. The van der Waals surface area contributed by atoms with Gasteiger partial charge in [-0.25, -0.2) is 14.8 Å². The van der Waals surface area contributed by atoms with Crippen LogP contribution in [0.25, 0.3) is 22.0 Å². The van der Waals surface area contributed by atoms with E-state index >= 15 is 0 Å². The molecule has 0 aliphatic carbocycles. The number of rotatable bonds is 6. The van der Waals surface area contributed by atoms with E-state index in [1.165, 1.54) is 16.3 Å². The molecule has 2 heterocycles. The molecule has 0 saturated carbocycles. The fourth-order valence-electron chi connectivity index (χ4n) is 5.03. The van der Waals surface area contributed by atoms with Crippen LogP contribution in [-0.2, 0) is 11.3 Å². The number of para-hydroxylation sites is 1. The van der Waals surface area contributed by atoms with E-state index in [1.807, 2.05) is 54.7 Å². The maximum atomic E-state index is 12.3. The van der Waals surface area contributed by atoms with Crippen molar-refractivity contribution in [2.24, 2.45) is 0 Å². The van der Waals surface area contributed by atoms with Gasteiger partial charge in [-0.3, -0.25) is 0 Å². The molecule has 1 atom stereocenters. The second-order valence-electron chi connectivity index (χ2n) is 9.44. The Bertz CT molecular complexity index is 1570. The van der Waals surface area contributed by atoms with Crippen LogP contribution in [0.1, 0.15) is 23.5 Å². The van der Waals surface area contributed by atoms with Crippen LogP contribution in [0.2, 0.25) is 0 Å². The molecule has 1 amide bonds. The van der Waals surface area contributed by atoms with Crippen LogP contribution in [0.5, 0.6) is 0 Å². The van der Waals surface area contributed by atoms with Crippen LogP contribution in [0.3, 0.4) is 0 Å². The molecule has 0 radical (unpaired) electrons. The fraction of sp³-hybridized carbons (Fsp3) is 0.156. The first-order valence-electron chi connectivity index (χ1n) is 12.9. The highest BCUT2D eigenvalue weighted by Gasteiger charge is 2.27. The van der Waals surface area contributed by atoms with Gasteiger partial charge >= 0.3 is 6.09 Å². The predicted octanol–water partition coefficient (Wildman–Crippen LogP) is 6.85. The van der Waals surface area contributed by atoms with Gasteiger partial charge < -0.3 is 15.0 Å². The quantitative estimate of drug-likeness (QED) is 0.276. The molecule has 38 heavy (non-hydrogen) atoms. The van der Waals surface area contributed by atoms with Crippen molar-refractivity contribution in [1.29, 1.82) is 0 Å². The lowest BCUT2D eigenvalue weighted by atomic mass is 9.90. The van der Waals surface area contributed by atoms with Gasteiger partial charge in [0.15, 0.2) is 0 Å². The summed E-state index contributed by atoms with van der Waals surface area (Å²) in [7, 11) is 0. The molecule has 6 nitrogen and oxygen atoms in total. The highest BCUT2D eigenvalue weighted by Crippen LogP contribution is 2.38. The summed E-state index contributed by atoms with van der Waals surface area (Å²) in [6.45, 7) is 1.52. The molecule has 1 aliphatic rings. The van der Waals surface area contributed by atoms with Gasteiger partial charge in [-0.05, 0) is 46.5 Å². The average molecular weight is 501 g/mol. The summed E-state index contributed by atoms with van der Waals surface area (Å²) in [6.07, 6.45) is 2.28. The second kappa shape index (κ2) is 10.7. The van der Waals surface area contributed by atoms with Crippen molar-refractivity contribution in [3.8, 4) is 11.3 Å². The van der Waals surface area contributed by atoms with Crippen molar-refractivity contribution in [3.63, 3.8) is 0 Å². The highest BCUT2D eigenvalue weighted by molar-refractivity contribution is 5.86. The van der Waals surface area contributed by atoms with Crippen molar-refractivity contribution in [2.45, 2.75) is 18.9 Å². The second-order valence-corrected chi connectivity index (χ2v) is 9.44. The molecule has 6 heteroatoms. The number of nitrogens with zero attached hydrogens (tertiary/aromatic N) is 3. The van der Waals surface area contributed by atoms with Crippen LogP contribution in [0, 0.1) is 0 Å². The van der Waals surface area contributed by atoms with E-state index in [4.69, 9.17) is 9.72 Å². The lowest BCUT2D eigenvalue weighted by Gasteiger charge is -2.34. The Morgan fingerprint density at radius 3 is 2.58 bits per heavy atom. The van der Waals surface area contributed by atoms with Gasteiger partial charge in [-0.1, -0.05) is 84.9 Å². The number of carbonyl (C=O) groups excluding carboxylic acids is 1. The molecule has 1 aromatic heterocycles. The number of hydrogen-bond acceptors (Lipinski definition) is 5. The Kier molecular flexibility index (Phi) is 6.68. The Morgan fingerprint density at radius 2 is 1.68 bits per heavy atom. The molecule has 0 saturated heterocycles. The molecule has 0 fully saturated rings. The predicted molar refractivity (Wildman–Crippen MR) is 150 cm³/mol. The summed E-state index contributed by atoms with van der Waals surface area (Å²) >= 11 is 0. The molecule has 188 valence electrons. The van der Waals surface area contributed by atoms with Crippen molar-refractivity contribution < 1.29 is 9.53 Å². The number of amides is 1. The summed E-state index contributed by atoms with van der Waals surface area (Å²) in [6, 6.07) is 34.7. The first kappa shape index (κ1) is 23.7. The maximum Gasteiger partial charge on any atom is 0.407 e. The molecule has 4 aromatic carbocycles. The molecule has 6 rings (SSSR count). The van der Waals surface area contributed by atoms with Gasteiger partial charge in [0.2, 0.25) is 5.95 Å². The van der Waals surface area contributed by atoms with Crippen molar-refractivity contribution in [3.05, 3.63) is 120 Å². The van der Waals surface area contributed by atoms with Crippen molar-refractivity contribution >= 4 is 28.5 Å². The molecule has 5 aromatic rings. The van der Waals surface area contributed by atoms with Gasteiger partial charge in [-0.15, -0.1) is 0 Å². The summed E-state index contributed by atoms with van der Waals surface area (Å²) in [4.78, 5) is 24.1. The first-order chi connectivity index (χ1) is 18.7. The van der Waals surface area contributed by atoms with E-state index < -0.39 is 6.09 Å². The van der Waals surface area contributed by atoms with Crippen LogP contribution < -0.4 is 10.2 Å². The molecular weight excluding hydrogens is 472 g/mol. The number of alkyl carbamates (subject to hydrolysis) is 1. The Balaban J connectivity index is 1.18. The Hall–Kier alpha value is -4.71. The van der Waals surface area contributed by atoms with Gasteiger partial charge in [-0.2, -0.15) is 0 Å². The van der Waals surface area contributed by atoms with E-state index in [-0.39, 0.29) is 12.5 Å². The van der Waals surface area contributed by atoms with Gasteiger partial charge in [0.25, 0.3) is 0 Å². The van der Waals surface area contributed by atoms with Crippen LogP contribution in [0.4, 0.5) is 16.4 Å². The summed E-state index contributed by atoms with van der Waals surface area (Å²) in [5, 5.41) is 5.35. The Morgan fingerprint density at radius 1 is 0.895 bits per heavy atom. The van der Waals surface area contributed by atoms with Gasteiger partial charge in [0, 0.05) is 36.5 Å². The SMILES string of the molecule is O=C(NCC1CCN(c2nccc(-c3ccc4ccccc4c3)n2)c2ccccc21)OCc1ccccc1. The number of nitrogens with one attached hydrogen (secondary N) is 1. The number of anilines is 2. The van der Waals surface area contributed by atoms with Gasteiger partial charge in [0.1, 0.15) is 6.61 Å². The van der Waals surface area contributed by atoms with E-state index in [2.05, 4.69) is 69.8 Å². The third kappa shape index (κ3) is 5.06. The van der Waals surface area contributed by atoms with E-state index in [0.29, 0.717) is 12.5 Å². The zero-order chi connectivity index (χ0) is 25.7. The summed E-state index contributed by atoms with van der Waals surface area (Å²) in [5.41, 5.74) is 5.16. The minimum Gasteiger partial charge on any atom is -0.445 e. The molecule has 0 spiro atoms. The normalized spacial score (nSPS) is 14.6. The molecule has 1 N–H and O–H groups in total.